The first-order valence-electron chi connectivity index (χ1n) is 8.63. The highest BCUT2D eigenvalue weighted by Gasteiger charge is 2.17. The first-order chi connectivity index (χ1) is 12.1. The van der Waals surface area contributed by atoms with Crippen molar-refractivity contribution in [3.8, 4) is 17.2 Å². The molecular formula is C20H21FN2O2. The summed E-state index contributed by atoms with van der Waals surface area (Å²) >= 11 is 0. The molecule has 0 spiro atoms. The van der Waals surface area contributed by atoms with Crippen molar-refractivity contribution in [3.05, 3.63) is 57.3 Å². The summed E-state index contributed by atoms with van der Waals surface area (Å²) in [5.74, 6) is -0.355. The maximum Gasteiger partial charge on any atom is 0.266 e. The number of halogens is 1. The van der Waals surface area contributed by atoms with E-state index in [0.717, 1.165) is 25.7 Å². The van der Waals surface area contributed by atoms with Crippen LogP contribution in [0.1, 0.15) is 48.9 Å². The number of aromatic amines is 1. The van der Waals surface area contributed by atoms with Crippen molar-refractivity contribution in [2.24, 2.45) is 0 Å². The molecule has 0 amide bonds. The zero-order chi connectivity index (χ0) is 17.8. The number of H-pyrrole nitrogens is 1. The third-order valence-corrected chi connectivity index (χ3v) is 4.66. The average molecular weight is 340 g/mol. The van der Waals surface area contributed by atoms with Crippen LogP contribution in [0.5, 0.6) is 0 Å². The molecule has 0 saturated heterocycles. The zero-order valence-corrected chi connectivity index (χ0v) is 14.3. The van der Waals surface area contributed by atoms with Crippen LogP contribution in [0, 0.1) is 24.1 Å². The number of pyridine rings is 1. The topological polar surface area (TPSA) is 65.9 Å². The summed E-state index contributed by atoms with van der Waals surface area (Å²) < 4.78 is 19.8. The Morgan fingerprint density at radius 1 is 1.24 bits per heavy atom. The molecule has 0 bridgehead atoms. The third kappa shape index (κ3) is 3.97. The minimum atomic E-state index is -0.430. The molecule has 1 aromatic heterocycles. The second-order valence-electron chi connectivity index (χ2n) is 6.55. The molecule has 25 heavy (non-hydrogen) atoms. The van der Waals surface area contributed by atoms with E-state index in [9.17, 15) is 14.4 Å². The van der Waals surface area contributed by atoms with Crippen molar-refractivity contribution < 1.29 is 9.13 Å². The Hall–Kier alpha value is -2.45. The molecule has 130 valence electrons. The minimum absolute atomic E-state index is 0.0381. The smallest absolute Gasteiger partial charge is 0.266 e. The Balaban J connectivity index is 1.97. The lowest BCUT2D eigenvalue weighted by atomic mass is 9.95. The Kier molecular flexibility index (Phi) is 5.30. The normalized spacial score (nSPS) is 15.1. The van der Waals surface area contributed by atoms with Crippen LogP contribution in [0.25, 0.3) is 11.1 Å². The number of rotatable bonds is 4. The molecule has 1 aliphatic rings. The Labute approximate surface area is 146 Å². The summed E-state index contributed by atoms with van der Waals surface area (Å²) in [5.41, 5.74) is 2.11. The van der Waals surface area contributed by atoms with Crippen molar-refractivity contribution in [3.63, 3.8) is 0 Å². The predicted molar refractivity (Wildman–Crippen MR) is 93.6 cm³/mol. The summed E-state index contributed by atoms with van der Waals surface area (Å²) in [5, 5.41) is 9.36. The van der Waals surface area contributed by atoms with Gasteiger partial charge >= 0.3 is 0 Å². The number of nitrogens with one attached hydrogen (secondary N) is 1. The van der Waals surface area contributed by atoms with Crippen LogP contribution < -0.4 is 5.56 Å². The van der Waals surface area contributed by atoms with Gasteiger partial charge in [-0.2, -0.15) is 5.26 Å². The number of benzene rings is 1. The van der Waals surface area contributed by atoms with Gasteiger partial charge in [0.2, 0.25) is 0 Å². The van der Waals surface area contributed by atoms with Gasteiger partial charge in [0.05, 0.1) is 12.7 Å². The molecular weight excluding hydrogens is 319 g/mol. The summed E-state index contributed by atoms with van der Waals surface area (Å²) in [4.78, 5) is 14.7. The van der Waals surface area contributed by atoms with Crippen LogP contribution in [0.2, 0.25) is 0 Å². The van der Waals surface area contributed by atoms with Crippen LogP contribution in [0.4, 0.5) is 4.39 Å². The molecule has 0 unspecified atom stereocenters. The van der Waals surface area contributed by atoms with Gasteiger partial charge < -0.3 is 9.72 Å². The highest BCUT2D eigenvalue weighted by atomic mass is 19.1. The summed E-state index contributed by atoms with van der Waals surface area (Å²) in [6, 6.07) is 8.09. The molecule has 2 aromatic rings. The van der Waals surface area contributed by atoms with Gasteiger partial charge in [0.25, 0.3) is 5.56 Å². The molecule has 1 fully saturated rings. The molecule has 0 aliphatic heterocycles. The van der Waals surface area contributed by atoms with E-state index in [1.165, 1.54) is 18.6 Å². The highest BCUT2D eigenvalue weighted by molar-refractivity contribution is 5.73. The predicted octanol–water partition coefficient (Wildman–Crippen LogP) is 4.21. The SMILES string of the molecule is Cc1cc(-c2ccc(F)cc2COC2CCCCC2)c(C#N)c(=O)[nH]1. The first kappa shape index (κ1) is 17.4. The van der Waals surface area contributed by atoms with Gasteiger partial charge in [-0.3, -0.25) is 4.79 Å². The molecule has 1 N–H and O–H groups in total. The molecule has 3 rings (SSSR count). The Morgan fingerprint density at radius 2 is 2.00 bits per heavy atom. The second kappa shape index (κ2) is 7.62. The number of hydrogen-bond acceptors (Lipinski definition) is 3. The van der Waals surface area contributed by atoms with Gasteiger partial charge in [0.15, 0.2) is 0 Å². The first-order valence-corrected chi connectivity index (χ1v) is 8.63. The molecule has 1 heterocycles. The van der Waals surface area contributed by atoms with Crippen LogP contribution in [0.3, 0.4) is 0 Å². The number of aromatic nitrogens is 1. The summed E-state index contributed by atoms with van der Waals surface area (Å²) in [7, 11) is 0. The van der Waals surface area contributed by atoms with Gasteiger partial charge in [-0.1, -0.05) is 25.3 Å². The lowest BCUT2D eigenvalue weighted by Gasteiger charge is -2.23. The van der Waals surface area contributed by atoms with Crippen LogP contribution in [0.15, 0.2) is 29.1 Å². The van der Waals surface area contributed by atoms with E-state index in [1.54, 1.807) is 19.1 Å². The van der Waals surface area contributed by atoms with Crippen LogP contribution in [-0.2, 0) is 11.3 Å². The fourth-order valence-corrected chi connectivity index (χ4v) is 3.40. The maximum absolute atomic E-state index is 13.8. The fourth-order valence-electron chi connectivity index (χ4n) is 3.40. The van der Waals surface area contributed by atoms with E-state index >= 15 is 0 Å². The van der Waals surface area contributed by atoms with Gasteiger partial charge in [-0.05, 0) is 49.1 Å². The minimum Gasteiger partial charge on any atom is -0.374 e. The monoisotopic (exact) mass is 340 g/mol. The number of hydrogen-bond donors (Lipinski definition) is 1. The van der Waals surface area contributed by atoms with Crippen molar-refractivity contribution in [2.75, 3.05) is 0 Å². The van der Waals surface area contributed by atoms with E-state index in [0.29, 0.717) is 22.4 Å². The zero-order valence-electron chi connectivity index (χ0n) is 14.3. The van der Waals surface area contributed by atoms with Crippen molar-refractivity contribution in [1.82, 2.24) is 4.98 Å². The molecule has 1 aromatic carbocycles. The van der Waals surface area contributed by atoms with E-state index in [1.807, 2.05) is 6.07 Å². The van der Waals surface area contributed by atoms with E-state index in [4.69, 9.17) is 4.74 Å². The molecule has 1 aliphatic carbocycles. The second-order valence-corrected chi connectivity index (χ2v) is 6.55. The van der Waals surface area contributed by atoms with Crippen LogP contribution in [-0.4, -0.2) is 11.1 Å². The Morgan fingerprint density at radius 3 is 2.72 bits per heavy atom. The molecule has 1 saturated carbocycles. The third-order valence-electron chi connectivity index (χ3n) is 4.66. The number of aryl methyl sites for hydroxylation is 1. The summed E-state index contributed by atoms with van der Waals surface area (Å²) in [6.07, 6.45) is 5.80. The number of ether oxygens (including phenoxy) is 1. The molecule has 4 nitrogen and oxygen atoms in total. The van der Waals surface area contributed by atoms with Gasteiger partial charge in [-0.15, -0.1) is 0 Å². The molecule has 5 heteroatoms. The van der Waals surface area contributed by atoms with Crippen molar-refractivity contribution in [2.45, 2.75) is 51.7 Å². The largest absolute Gasteiger partial charge is 0.374 e. The fraction of sp³-hybridized carbons (Fsp3) is 0.400. The average Bonchev–Trinajstić information content (AvgIpc) is 2.60. The van der Waals surface area contributed by atoms with Gasteiger partial charge in [-0.25, -0.2) is 4.39 Å². The summed E-state index contributed by atoms with van der Waals surface area (Å²) in [6.45, 7) is 2.03. The van der Waals surface area contributed by atoms with Gasteiger partial charge in [0, 0.05) is 11.3 Å². The van der Waals surface area contributed by atoms with E-state index in [-0.39, 0.29) is 24.1 Å². The Bertz CT molecular complexity index is 861. The van der Waals surface area contributed by atoms with E-state index < -0.39 is 5.56 Å². The standard InChI is InChI=1S/C20H21FN2O2/c1-13-9-18(19(11-22)20(24)23-13)17-8-7-15(21)10-14(17)12-25-16-5-3-2-4-6-16/h7-10,16H,2-6,12H2,1H3,(H,23,24). The van der Waals surface area contributed by atoms with Crippen molar-refractivity contribution in [1.29, 1.82) is 5.26 Å². The number of nitriles is 1. The maximum atomic E-state index is 13.8. The lowest BCUT2D eigenvalue weighted by Crippen LogP contribution is -2.17. The molecule has 0 atom stereocenters. The quantitative estimate of drug-likeness (QED) is 0.906. The van der Waals surface area contributed by atoms with Gasteiger partial charge in [0.1, 0.15) is 17.4 Å². The van der Waals surface area contributed by atoms with E-state index in [2.05, 4.69) is 4.98 Å². The number of nitrogens with zero attached hydrogens (tertiary/aromatic N) is 1. The van der Waals surface area contributed by atoms with Crippen LogP contribution >= 0.6 is 0 Å². The molecule has 0 radical (unpaired) electrons. The lowest BCUT2D eigenvalue weighted by molar-refractivity contribution is 0.0170. The highest BCUT2D eigenvalue weighted by Crippen LogP contribution is 2.29. The van der Waals surface area contributed by atoms with Crippen molar-refractivity contribution >= 4 is 0 Å².